The van der Waals surface area contributed by atoms with Crippen molar-refractivity contribution in [3.63, 3.8) is 0 Å². The van der Waals surface area contributed by atoms with Crippen molar-refractivity contribution < 1.29 is 14.6 Å². The number of hydrogen-bond donors (Lipinski definition) is 2. The molecule has 2 N–H and O–H groups in total. The van der Waals surface area contributed by atoms with Crippen molar-refractivity contribution in [3.8, 4) is 5.88 Å². The van der Waals surface area contributed by atoms with Crippen LogP contribution in [0.2, 0.25) is 5.02 Å². The SMILES string of the molecule is Cc1nc(CNC(=O)c2cnc(OC3CCCCC3)c(Cl)c2)ccc1C(C)O. The van der Waals surface area contributed by atoms with Gasteiger partial charge in [-0.15, -0.1) is 0 Å². The zero-order valence-electron chi connectivity index (χ0n) is 16.2. The lowest BCUT2D eigenvalue weighted by atomic mass is 9.98. The molecule has 1 saturated carbocycles. The zero-order valence-corrected chi connectivity index (χ0v) is 17.0. The topological polar surface area (TPSA) is 84.3 Å². The standard InChI is InChI=1S/C21H26ClN3O3/c1-13-18(14(2)26)9-8-16(25-13)12-23-20(27)15-10-19(22)21(24-11-15)28-17-6-4-3-5-7-17/h8-11,14,17,26H,3-7,12H2,1-2H3,(H,23,27). The lowest BCUT2D eigenvalue weighted by Gasteiger charge is -2.22. The van der Waals surface area contributed by atoms with Crippen molar-refractivity contribution in [2.24, 2.45) is 0 Å². The van der Waals surface area contributed by atoms with E-state index in [9.17, 15) is 9.90 Å². The van der Waals surface area contributed by atoms with Gasteiger partial charge >= 0.3 is 0 Å². The number of carbonyl (C=O) groups excluding carboxylic acids is 1. The summed E-state index contributed by atoms with van der Waals surface area (Å²) in [6.45, 7) is 3.81. The van der Waals surface area contributed by atoms with E-state index in [0.29, 0.717) is 22.2 Å². The molecule has 0 spiro atoms. The molecule has 1 atom stereocenters. The predicted octanol–water partition coefficient (Wildman–Crippen LogP) is 4.13. The van der Waals surface area contributed by atoms with Crippen molar-refractivity contribution in [1.29, 1.82) is 0 Å². The second-order valence-corrected chi connectivity index (χ2v) is 7.63. The molecular formula is C21H26ClN3O3. The van der Waals surface area contributed by atoms with E-state index in [0.717, 1.165) is 36.9 Å². The van der Waals surface area contributed by atoms with Gasteiger partial charge in [0.25, 0.3) is 5.91 Å². The number of carbonyl (C=O) groups is 1. The summed E-state index contributed by atoms with van der Waals surface area (Å²) in [5.74, 6) is 0.105. The Labute approximate surface area is 170 Å². The van der Waals surface area contributed by atoms with E-state index in [1.54, 1.807) is 19.1 Å². The zero-order chi connectivity index (χ0) is 20.1. The molecule has 2 heterocycles. The number of pyridine rings is 2. The molecule has 0 aromatic carbocycles. The first-order valence-electron chi connectivity index (χ1n) is 9.69. The molecule has 0 bridgehead atoms. The van der Waals surface area contributed by atoms with E-state index in [-0.39, 0.29) is 18.6 Å². The minimum Gasteiger partial charge on any atom is -0.473 e. The Hall–Kier alpha value is -2.18. The van der Waals surface area contributed by atoms with Crippen LogP contribution in [0.3, 0.4) is 0 Å². The third kappa shape index (κ3) is 5.20. The fraction of sp³-hybridized carbons (Fsp3) is 0.476. The Bertz CT molecular complexity index is 836. The number of aliphatic hydroxyl groups excluding tert-OH is 1. The summed E-state index contributed by atoms with van der Waals surface area (Å²) >= 11 is 6.27. The van der Waals surface area contributed by atoms with Crippen LogP contribution >= 0.6 is 11.6 Å². The molecule has 1 unspecified atom stereocenters. The van der Waals surface area contributed by atoms with Crippen LogP contribution in [-0.4, -0.2) is 27.1 Å². The van der Waals surface area contributed by atoms with Crippen molar-refractivity contribution >= 4 is 17.5 Å². The Kier molecular flexibility index (Phi) is 6.86. The van der Waals surface area contributed by atoms with E-state index in [1.807, 2.05) is 13.0 Å². The van der Waals surface area contributed by atoms with Crippen LogP contribution in [0.4, 0.5) is 0 Å². The Morgan fingerprint density at radius 3 is 2.75 bits per heavy atom. The molecule has 0 aliphatic heterocycles. The first-order valence-corrected chi connectivity index (χ1v) is 10.1. The molecule has 0 radical (unpaired) electrons. The maximum atomic E-state index is 12.4. The molecule has 6 nitrogen and oxygen atoms in total. The number of hydrogen-bond acceptors (Lipinski definition) is 5. The smallest absolute Gasteiger partial charge is 0.253 e. The number of ether oxygens (including phenoxy) is 1. The highest BCUT2D eigenvalue weighted by Gasteiger charge is 2.18. The number of nitrogens with zero attached hydrogens (tertiary/aromatic N) is 2. The van der Waals surface area contributed by atoms with E-state index in [1.165, 1.54) is 12.6 Å². The van der Waals surface area contributed by atoms with Crippen LogP contribution < -0.4 is 10.1 Å². The second-order valence-electron chi connectivity index (χ2n) is 7.22. The fourth-order valence-corrected chi connectivity index (χ4v) is 3.62. The Morgan fingerprint density at radius 2 is 2.11 bits per heavy atom. The minimum absolute atomic E-state index is 0.150. The predicted molar refractivity (Wildman–Crippen MR) is 108 cm³/mol. The van der Waals surface area contributed by atoms with Gasteiger partial charge in [-0.25, -0.2) is 4.98 Å². The normalized spacial score (nSPS) is 15.9. The Balaban J connectivity index is 1.59. The lowest BCUT2D eigenvalue weighted by Crippen LogP contribution is -2.24. The molecule has 1 aliphatic rings. The quantitative estimate of drug-likeness (QED) is 0.757. The number of nitrogens with one attached hydrogen (secondary N) is 1. The lowest BCUT2D eigenvalue weighted by molar-refractivity contribution is 0.0949. The number of amides is 1. The number of halogens is 1. The van der Waals surface area contributed by atoms with Crippen LogP contribution in [0.5, 0.6) is 5.88 Å². The van der Waals surface area contributed by atoms with Crippen molar-refractivity contribution in [2.75, 3.05) is 0 Å². The van der Waals surface area contributed by atoms with Gasteiger partial charge in [0.2, 0.25) is 5.88 Å². The van der Waals surface area contributed by atoms with Gasteiger partial charge in [-0.2, -0.15) is 0 Å². The number of aliphatic hydroxyl groups is 1. The molecule has 7 heteroatoms. The van der Waals surface area contributed by atoms with Crippen LogP contribution in [0.15, 0.2) is 24.4 Å². The van der Waals surface area contributed by atoms with Crippen LogP contribution in [0, 0.1) is 6.92 Å². The third-order valence-corrected chi connectivity index (χ3v) is 5.24. The van der Waals surface area contributed by atoms with Crippen molar-refractivity contribution in [3.05, 3.63) is 51.9 Å². The van der Waals surface area contributed by atoms with Crippen LogP contribution in [0.1, 0.15) is 72.4 Å². The summed E-state index contributed by atoms with van der Waals surface area (Å²) in [4.78, 5) is 21.1. The summed E-state index contributed by atoms with van der Waals surface area (Å²) in [6.07, 6.45) is 6.66. The summed E-state index contributed by atoms with van der Waals surface area (Å²) in [7, 11) is 0. The molecule has 28 heavy (non-hydrogen) atoms. The second kappa shape index (κ2) is 9.34. The molecule has 1 fully saturated rings. The number of rotatable bonds is 6. The molecule has 2 aromatic rings. The van der Waals surface area contributed by atoms with Gasteiger partial charge in [0.05, 0.1) is 23.9 Å². The van der Waals surface area contributed by atoms with Gasteiger partial charge in [-0.3, -0.25) is 9.78 Å². The van der Waals surface area contributed by atoms with Gasteiger partial charge in [0.1, 0.15) is 11.1 Å². The minimum atomic E-state index is -0.571. The van der Waals surface area contributed by atoms with E-state index < -0.39 is 6.10 Å². The molecule has 2 aromatic heterocycles. The summed E-state index contributed by atoms with van der Waals surface area (Å²) in [5, 5.41) is 12.8. The molecular weight excluding hydrogens is 378 g/mol. The molecule has 1 amide bonds. The monoisotopic (exact) mass is 403 g/mol. The van der Waals surface area contributed by atoms with Gasteiger partial charge in [-0.1, -0.05) is 24.1 Å². The summed E-state index contributed by atoms with van der Waals surface area (Å²) in [6, 6.07) is 5.20. The number of aryl methyl sites for hydroxylation is 1. The Morgan fingerprint density at radius 1 is 1.36 bits per heavy atom. The highest BCUT2D eigenvalue weighted by molar-refractivity contribution is 6.32. The van der Waals surface area contributed by atoms with E-state index in [2.05, 4.69) is 15.3 Å². The highest BCUT2D eigenvalue weighted by atomic mass is 35.5. The van der Waals surface area contributed by atoms with Crippen LogP contribution in [-0.2, 0) is 6.54 Å². The van der Waals surface area contributed by atoms with Gasteiger partial charge in [0, 0.05) is 17.5 Å². The molecule has 0 saturated heterocycles. The van der Waals surface area contributed by atoms with E-state index in [4.69, 9.17) is 16.3 Å². The summed E-state index contributed by atoms with van der Waals surface area (Å²) < 4.78 is 5.89. The first kappa shape index (κ1) is 20.6. The molecule has 1 aliphatic carbocycles. The van der Waals surface area contributed by atoms with Gasteiger partial charge < -0.3 is 15.2 Å². The fourth-order valence-electron chi connectivity index (χ4n) is 3.41. The maximum absolute atomic E-state index is 12.4. The highest BCUT2D eigenvalue weighted by Crippen LogP contribution is 2.27. The average molecular weight is 404 g/mol. The molecule has 150 valence electrons. The van der Waals surface area contributed by atoms with Gasteiger partial charge in [-0.05, 0) is 51.7 Å². The largest absolute Gasteiger partial charge is 0.473 e. The van der Waals surface area contributed by atoms with Crippen molar-refractivity contribution in [2.45, 2.75) is 64.7 Å². The summed E-state index contributed by atoms with van der Waals surface area (Å²) in [5.41, 5.74) is 2.61. The molecule has 3 rings (SSSR count). The number of aromatic nitrogens is 2. The third-order valence-electron chi connectivity index (χ3n) is 4.96. The first-order chi connectivity index (χ1) is 13.4. The van der Waals surface area contributed by atoms with E-state index >= 15 is 0 Å². The van der Waals surface area contributed by atoms with Crippen molar-refractivity contribution in [1.82, 2.24) is 15.3 Å². The van der Waals surface area contributed by atoms with Gasteiger partial charge in [0.15, 0.2) is 0 Å². The average Bonchev–Trinajstić information content (AvgIpc) is 2.68. The van der Waals surface area contributed by atoms with Crippen LogP contribution in [0.25, 0.3) is 0 Å². The maximum Gasteiger partial charge on any atom is 0.253 e.